The van der Waals surface area contributed by atoms with Crippen LogP contribution in [0.5, 0.6) is 5.95 Å². The van der Waals surface area contributed by atoms with Crippen LogP contribution in [-0.2, 0) is 11.3 Å². The molecule has 0 saturated carbocycles. The molecule has 0 aliphatic carbocycles. The third-order valence-corrected chi connectivity index (χ3v) is 5.86. The number of fused-ring (bicyclic) bond motifs is 2. The van der Waals surface area contributed by atoms with Crippen LogP contribution in [0.4, 0.5) is 5.69 Å². The van der Waals surface area contributed by atoms with E-state index in [1.165, 1.54) is 5.56 Å². The molecule has 3 aromatic heterocycles. The maximum absolute atomic E-state index is 5.81. The van der Waals surface area contributed by atoms with Gasteiger partial charge in [0, 0.05) is 31.2 Å². The van der Waals surface area contributed by atoms with Crippen LogP contribution in [0.3, 0.4) is 0 Å². The molecule has 5 aromatic rings. The van der Waals surface area contributed by atoms with Gasteiger partial charge < -0.3 is 24.2 Å². The summed E-state index contributed by atoms with van der Waals surface area (Å²) >= 11 is 0. The number of ether oxygens (including phenoxy) is 2. The highest BCUT2D eigenvalue weighted by Gasteiger charge is 2.15. The number of imidazole rings is 1. The highest BCUT2D eigenvalue weighted by atomic mass is 16.6. The first-order chi connectivity index (χ1) is 16.3. The van der Waals surface area contributed by atoms with Crippen molar-refractivity contribution in [2.75, 3.05) is 38.4 Å². The highest BCUT2D eigenvalue weighted by molar-refractivity contribution is 5.86. The Morgan fingerprint density at radius 1 is 1.12 bits per heavy atom. The number of H-pyrrole nitrogens is 2. The Morgan fingerprint density at radius 3 is 2.97 bits per heavy atom. The van der Waals surface area contributed by atoms with Crippen LogP contribution in [0.1, 0.15) is 5.56 Å². The Kier molecular flexibility index (Phi) is 5.17. The minimum absolute atomic E-state index is 0.230. The quantitative estimate of drug-likeness (QED) is 0.326. The van der Waals surface area contributed by atoms with Crippen LogP contribution in [-0.4, -0.2) is 58.1 Å². The van der Waals surface area contributed by atoms with Crippen LogP contribution < -0.4 is 10.1 Å². The lowest BCUT2D eigenvalue weighted by atomic mass is 10.2. The predicted molar refractivity (Wildman–Crippen MR) is 125 cm³/mol. The fraction of sp³-hybridized carbons (Fsp3) is 0.250. The molecule has 6 rings (SSSR count). The largest absolute Gasteiger partial charge is 0.443 e. The van der Waals surface area contributed by atoms with E-state index in [9.17, 15) is 0 Å². The van der Waals surface area contributed by atoms with Gasteiger partial charge in [-0.15, -0.1) is 0 Å². The molecular weight excluding hydrogens is 420 g/mol. The summed E-state index contributed by atoms with van der Waals surface area (Å²) in [5.74, 6) is 1.18. The Labute approximate surface area is 189 Å². The molecule has 0 amide bonds. The number of hydrogen-bond donors (Lipinski definition) is 3. The molecular formula is C24H24N6O3. The van der Waals surface area contributed by atoms with Crippen LogP contribution in [0.15, 0.2) is 59.3 Å². The van der Waals surface area contributed by atoms with Crippen molar-refractivity contribution >= 4 is 27.5 Å². The zero-order chi connectivity index (χ0) is 22.0. The fourth-order valence-electron chi connectivity index (χ4n) is 4.14. The number of hydrogen-bond acceptors (Lipinski definition) is 7. The summed E-state index contributed by atoms with van der Waals surface area (Å²) < 4.78 is 16.8. The molecule has 2 aromatic carbocycles. The van der Waals surface area contributed by atoms with Gasteiger partial charge in [-0.25, -0.2) is 4.98 Å². The maximum Gasteiger partial charge on any atom is 0.294 e. The Morgan fingerprint density at radius 2 is 2.03 bits per heavy atom. The molecule has 0 radical (unpaired) electrons. The van der Waals surface area contributed by atoms with E-state index in [4.69, 9.17) is 18.9 Å². The molecule has 4 heterocycles. The lowest BCUT2D eigenvalue weighted by Crippen LogP contribution is -2.35. The second-order valence-corrected chi connectivity index (χ2v) is 8.05. The van der Waals surface area contributed by atoms with Gasteiger partial charge in [-0.3, -0.25) is 10.00 Å². The Balaban J connectivity index is 1.16. The van der Waals surface area contributed by atoms with E-state index in [0.29, 0.717) is 17.5 Å². The molecule has 9 nitrogen and oxygen atoms in total. The highest BCUT2D eigenvalue weighted by Crippen LogP contribution is 2.29. The van der Waals surface area contributed by atoms with Gasteiger partial charge in [-0.1, -0.05) is 24.3 Å². The lowest BCUT2D eigenvalue weighted by Gasteiger charge is -2.26. The maximum atomic E-state index is 5.81. The molecule has 0 bridgehead atoms. The van der Waals surface area contributed by atoms with E-state index < -0.39 is 0 Å². The predicted octanol–water partition coefficient (Wildman–Crippen LogP) is 3.98. The van der Waals surface area contributed by atoms with Gasteiger partial charge in [-0.2, -0.15) is 5.10 Å². The smallest absolute Gasteiger partial charge is 0.294 e. The summed E-state index contributed by atoms with van der Waals surface area (Å²) in [6.45, 7) is 4.64. The van der Waals surface area contributed by atoms with Crippen molar-refractivity contribution in [3.8, 4) is 17.5 Å². The standard InChI is InChI=1S/C24H24N6O3/c1-2-4-18-17(3-1)14-32-24(18)33-15-25-21-12-26-29-22(21)23-27-19-6-5-16(11-20(19)28-23)13-30-7-9-31-10-8-30/h1-6,11-12,14,25H,7-10,13,15H2,(H,26,29)(H,27,28). The van der Waals surface area contributed by atoms with Crippen molar-refractivity contribution < 1.29 is 13.9 Å². The summed E-state index contributed by atoms with van der Waals surface area (Å²) in [7, 11) is 0. The van der Waals surface area contributed by atoms with Crippen molar-refractivity contribution in [1.82, 2.24) is 25.1 Å². The van der Waals surface area contributed by atoms with Gasteiger partial charge >= 0.3 is 0 Å². The molecule has 1 aliphatic heterocycles. The molecule has 0 spiro atoms. The average Bonchev–Trinajstić information content (AvgIpc) is 3.58. The second-order valence-electron chi connectivity index (χ2n) is 8.05. The van der Waals surface area contributed by atoms with E-state index in [0.717, 1.165) is 60.3 Å². The first-order valence-corrected chi connectivity index (χ1v) is 11.0. The first kappa shape index (κ1) is 19.8. The van der Waals surface area contributed by atoms with E-state index in [1.807, 2.05) is 24.3 Å². The topological polar surface area (TPSA) is 104 Å². The van der Waals surface area contributed by atoms with Gasteiger partial charge in [0.05, 0.1) is 35.3 Å². The van der Waals surface area contributed by atoms with E-state index >= 15 is 0 Å². The summed E-state index contributed by atoms with van der Waals surface area (Å²) in [5.41, 5.74) is 4.63. The van der Waals surface area contributed by atoms with Crippen LogP contribution in [0.2, 0.25) is 0 Å². The number of nitrogens with zero attached hydrogens (tertiary/aromatic N) is 3. The molecule has 168 valence electrons. The molecule has 1 aliphatic rings. The van der Waals surface area contributed by atoms with Crippen molar-refractivity contribution in [3.63, 3.8) is 0 Å². The third-order valence-electron chi connectivity index (χ3n) is 5.86. The molecule has 0 unspecified atom stereocenters. The molecule has 0 atom stereocenters. The summed E-state index contributed by atoms with van der Waals surface area (Å²) in [5, 5.41) is 12.5. The summed E-state index contributed by atoms with van der Waals surface area (Å²) in [6, 6.07) is 14.2. The molecule has 1 fully saturated rings. The van der Waals surface area contributed by atoms with Crippen molar-refractivity contribution in [2.24, 2.45) is 0 Å². The van der Waals surface area contributed by atoms with E-state index in [1.54, 1.807) is 12.5 Å². The minimum atomic E-state index is 0.230. The minimum Gasteiger partial charge on any atom is -0.443 e. The average molecular weight is 444 g/mol. The molecule has 1 saturated heterocycles. The van der Waals surface area contributed by atoms with Crippen molar-refractivity contribution in [3.05, 3.63) is 60.5 Å². The monoisotopic (exact) mass is 444 g/mol. The van der Waals surface area contributed by atoms with Crippen LogP contribution >= 0.6 is 0 Å². The van der Waals surface area contributed by atoms with Crippen LogP contribution in [0, 0.1) is 0 Å². The summed E-state index contributed by atoms with van der Waals surface area (Å²) in [6.07, 6.45) is 3.48. The number of furan rings is 1. The van der Waals surface area contributed by atoms with E-state index in [-0.39, 0.29) is 6.73 Å². The number of rotatable bonds is 7. The van der Waals surface area contributed by atoms with E-state index in [2.05, 4.69) is 43.6 Å². The fourth-order valence-corrected chi connectivity index (χ4v) is 4.14. The number of aromatic nitrogens is 4. The van der Waals surface area contributed by atoms with Gasteiger partial charge in [0.1, 0.15) is 6.26 Å². The SMILES string of the molecule is c1ccc2c(OCNc3c[nH]nc3-c3nc4cc(CN5CCOCC5)ccc4[nH]3)occ2c1. The zero-order valence-corrected chi connectivity index (χ0v) is 18.0. The Bertz CT molecular complexity index is 1380. The third kappa shape index (κ3) is 4.04. The molecule has 9 heteroatoms. The van der Waals surface area contributed by atoms with Crippen LogP contribution in [0.25, 0.3) is 33.3 Å². The van der Waals surface area contributed by atoms with Crippen molar-refractivity contribution in [1.29, 1.82) is 0 Å². The number of nitrogens with one attached hydrogen (secondary N) is 3. The molecule has 33 heavy (non-hydrogen) atoms. The normalized spacial score (nSPS) is 14.8. The number of morpholine rings is 1. The van der Waals surface area contributed by atoms with Crippen molar-refractivity contribution in [2.45, 2.75) is 6.54 Å². The van der Waals surface area contributed by atoms with Gasteiger partial charge in [0.25, 0.3) is 5.95 Å². The molecule has 3 N–H and O–H groups in total. The number of benzene rings is 2. The second kappa shape index (κ2) is 8.61. The van der Waals surface area contributed by atoms with Gasteiger partial charge in [0.15, 0.2) is 18.2 Å². The summed E-state index contributed by atoms with van der Waals surface area (Å²) in [4.78, 5) is 10.6. The zero-order valence-electron chi connectivity index (χ0n) is 18.0. The lowest BCUT2D eigenvalue weighted by molar-refractivity contribution is 0.0342. The number of aromatic amines is 2. The Hall–Kier alpha value is -3.82. The van der Waals surface area contributed by atoms with Gasteiger partial charge in [0.2, 0.25) is 0 Å². The first-order valence-electron chi connectivity index (χ1n) is 11.0. The van der Waals surface area contributed by atoms with Gasteiger partial charge in [-0.05, 0) is 23.8 Å². The number of anilines is 1.